The van der Waals surface area contributed by atoms with Crippen molar-refractivity contribution in [1.82, 2.24) is 14.7 Å². The third-order valence-electron chi connectivity index (χ3n) is 4.49. The van der Waals surface area contributed by atoms with E-state index in [9.17, 15) is 9.90 Å². The second-order valence-corrected chi connectivity index (χ2v) is 6.03. The summed E-state index contributed by atoms with van der Waals surface area (Å²) in [5, 5.41) is 9.38. The maximum absolute atomic E-state index is 11.8. The highest BCUT2D eigenvalue weighted by molar-refractivity contribution is 5.77. The lowest BCUT2D eigenvalue weighted by Gasteiger charge is -2.31. The summed E-state index contributed by atoms with van der Waals surface area (Å²) in [6.45, 7) is 3.93. The Bertz CT molecular complexity index is 309. The highest BCUT2D eigenvalue weighted by atomic mass is 16.3. The number of rotatable bonds is 5. The number of hydrogen-bond donors (Lipinski definition) is 1. The molecule has 0 saturated carbocycles. The van der Waals surface area contributed by atoms with Crippen LogP contribution in [-0.2, 0) is 4.79 Å². The molecule has 0 aromatic rings. The van der Waals surface area contributed by atoms with Crippen molar-refractivity contribution in [2.45, 2.75) is 37.8 Å². The predicted molar refractivity (Wildman–Crippen MR) is 75.0 cm³/mol. The molecule has 2 fully saturated rings. The fraction of sp³-hybridized carbons (Fsp3) is 0.929. The van der Waals surface area contributed by atoms with E-state index in [0.717, 1.165) is 26.1 Å². The van der Waals surface area contributed by atoms with Gasteiger partial charge in [0.2, 0.25) is 5.91 Å². The van der Waals surface area contributed by atoms with Crippen LogP contribution in [0.25, 0.3) is 0 Å². The molecule has 19 heavy (non-hydrogen) atoms. The number of carbonyl (C=O) groups is 1. The molecular formula is C14H27N3O2. The van der Waals surface area contributed by atoms with Crippen LogP contribution in [0.3, 0.4) is 0 Å². The lowest BCUT2D eigenvalue weighted by molar-refractivity contribution is -0.130. The minimum atomic E-state index is 0.187. The van der Waals surface area contributed by atoms with Gasteiger partial charge >= 0.3 is 0 Å². The van der Waals surface area contributed by atoms with Gasteiger partial charge in [0.15, 0.2) is 0 Å². The van der Waals surface area contributed by atoms with E-state index < -0.39 is 0 Å². The summed E-state index contributed by atoms with van der Waals surface area (Å²) in [5.41, 5.74) is 0. The molecule has 0 radical (unpaired) electrons. The van der Waals surface area contributed by atoms with Gasteiger partial charge in [-0.1, -0.05) is 0 Å². The van der Waals surface area contributed by atoms with E-state index in [1.165, 1.54) is 19.3 Å². The topological polar surface area (TPSA) is 47.0 Å². The van der Waals surface area contributed by atoms with E-state index in [1.54, 1.807) is 4.90 Å². The van der Waals surface area contributed by atoms with Crippen LogP contribution in [0.15, 0.2) is 0 Å². The first-order valence-corrected chi connectivity index (χ1v) is 7.41. The lowest BCUT2D eigenvalue weighted by atomic mass is 10.2. The SMILES string of the molecule is CN(C)C(=O)CN1CCCC1CN1CCCC1CO. The molecule has 0 aliphatic carbocycles. The maximum Gasteiger partial charge on any atom is 0.236 e. The van der Waals surface area contributed by atoms with E-state index in [-0.39, 0.29) is 12.5 Å². The Kier molecular flexibility index (Phi) is 5.19. The normalized spacial score (nSPS) is 29.0. The first kappa shape index (κ1) is 14.8. The minimum Gasteiger partial charge on any atom is -0.395 e. The molecule has 2 atom stereocenters. The van der Waals surface area contributed by atoms with Crippen molar-refractivity contribution in [3.8, 4) is 0 Å². The molecular weight excluding hydrogens is 242 g/mol. The van der Waals surface area contributed by atoms with Crippen LogP contribution in [0.1, 0.15) is 25.7 Å². The van der Waals surface area contributed by atoms with Crippen molar-refractivity contribution in [3.63, 3.8) is 0 Å². The molecule has 2 heterocycles. The number of amides is 1. The summed E-state index contributed by atoms with van der Waals surface area (Å²) in [6, 6.07) is 0.822. The van der Waals surface area contributed by atoms with Gasteiger partial charge in [-0.25, -0.2) is 0 Å². The van der Waals surface area contributed by atoms with Crippen LogP contribution < -0.4 is 0 Å². The van der Waals surface area contributed by atoms with E-state index in [2.05, 4.69) is 9.80 Å². The second kappa shape index (κ2) is 6.68. The van der Waals surface area contributed by atoms with Gasteiger partial charge in [-0.15, -0.1) is 0 Å². The quantitative estimate of drug-likeness (QED) is 0.763. The Hall–Kier alpha value is -0.650. The summed E-state index contributed by atoms with van der Waals surface area (Å²) in [5.74, 6) is 0.187. The molecule has 2 saturated heterocycles. The van der Waals surface area contributed by atoms with Crippen LogP contribution in [0, 0.1) is 0 Å². The zero-order valence-electron chi connectivity index (χ0n) is 12.2. The highest BCUT2D eigenvalue weighted by Crippen LogP contribution is 2.23. The number of hydrogen-bond acceptors (Lipinski definition) is 4. The Labute approximate surface area is 116 Å². The molecule has 1 N–H and O–H groups in total. The van der Waals surface area contributed by atoms with E-state index in [1.807, 2.05) is 14.1 Å². The van der Waals surface area contributed by atoms with Crippen LogP contribution in [0.5, 0.6) is 0 Å². The number of aliphatic hydroxyl groups is 1. The predicted octanol–water partition coefficient (Wildman–Crippen LogP) is -0.00430. The average molecular weight is 269 g/mol. The zero-order chi connectivity index (χ0) is 13.8. The van der Waals surface area contributed by atoms with Crippen LogP contribution in [0.2, 0.25) is 0 Å². The zero-order valence-corrected chi connectivity index (χ0v) is 12.2. The van der Waals surface area contributed by atoms with Crippen LogP contribution >= 0.6 is 0 Å². The molecule has 2 unspecified atom stereocenters. The van der Waals surface area contributed by atoms with Crippen molar-refractivity contribution >= 4 is 5.91 Å². The van der Waals surface area contributed by atoms with Gasteiger partial charge in [0.1, 0.15) is 0 Å². The number of carbonyl (C=O) groups excluding carboxylic acids is 1. The summed E-state index contributed by atoms with van der Waals surface area (Å²) in [7, 11) is 3.63. The van der Waals surface area contributed by atoms with Gasteiger partial charge in [0.05, 0.1) is 13.2 Å². The fourth-order valence-corrected chi connectivity index (χ4v) is 3.24. The molecule has 2 aliphatic rings. The Balaban J connectivity index is 1.86. The van der Waals surface area contributed by atoms with Gasteiger partial charge < -0.3 is 10.0 Å². The average Bonchev–Trinajstić information content (AvgIpc) is 2.99. The molecule has 5 heteroatoms. The van der Waals surface area contributed by atoms with Crippen molar-refractivity contribution < 1.29 is 9.90 Å². The molecule has 0 bridgehead atoms. The van der Waals surface area contributed by atoms with Crippen LogP contribution in [-0.4, -0.2) is 84.7 Å². The van der Waals surface area contributed by atoms with Crippen molar-refractivity contribution in [2.75, 3.05) is 46.9 Å². The summed E-state index contributed by atoms with van der Waals surface area (Å²) >= 11 is 0. The summed E-state index contributed by atoms with van der Waals surface area (Å²) in [6.07, 6.45) is 4.66. The smallest absolute Gasteiger partial charge is 0.236 e. The van der Waals surface area contributed by atoms with Gasteiger partial charge in [0.25, 0.3) is 0 Å². The van der Waals surface area contributed by atoms with Crippen molar-refractivity contribution in [2.24, 2.45) is 0 Å². The monoisotopic (exact) mass is 269 g/mol. The Morgan fingerprint density at radius 1 is 1.16 bits per heavy atom. The van der Waals surface area contributed by atoms with E-state index in [0.29, 0.717) is 18.6 Å². The van der Waals surface area contributed by atoms with Crippen LogP contribution in [0.4, 0.5) is 0 Å². The fourth-order valence-electron chi connectivity index (χ4n) is 3.24. The second-order valence-electron chi connectivity index (χ2n) is 6.03. The van der Waals surface area contributed by atoms with Gasteiger partial charge in [-0.2, -0.15) is 0 Å². The standard InChI is InChI=1S/C14H27N3O2/c1-15(2)14(19)10-17-8-3-5-12(17)9-16-7-4-6-13(16)11-18/h12-13,18H,3-11H2,1-2H3. The lowest BCUT2D eigenvalue weighted by Crippen LogP contribution is -2.46. The Morgan fingerprint density at radius 2 is 1.79 bits per heavy atom. The molecule has 1 amide bonds. The van der Waals surface area contributed by atoms with Gasteiger partial charge in [-0.05, 0) is 38.8 Å². The van der Waals surface area contributed by atoms with Gasteiger partial charge in [0, 0.05) is 32.7 Å². The molecule has 0 aromatic heterocycles. The number of aliphatic hydroxyl groups excluding tert-OH is 1. The molecule has 0 aromatic carbocycles. The van der Waals surface area contributed by atoms with Gasteiger partial charge in [-0.3, -0.25) is 14.6 Å². The highest BCUT2D eigenvalue weighted by Gasteiger charge is 2.32. The molecule has 0 spiro atoms. The minimum absolute atomic E-state index is 0.187. The molecule has 2 aliphatic heterocycles. The van der Waals surface area contributed by atoms with E-state index >= 15 is 0 Å². The van der Waals surface area contributed by atoms with Crippen molar-refractivity contribution in [3.05, 3.63) is 0 Å². The maximum atomic E-state index is 11.8. The molecule has 2 rings (SSSR count). The molecule has 5 nitrogen and oxygen atoms in total. The molecule has 110 valence electrons. The number of likely N-dealkylation sites (tertiary alicyclic amines) is 2. The number of likely N-dealkylation sites (N-methyl/N-ethyl adjacent to an activating group) is 1. The summed E-state index contributed by atoms with van der Waals surface area (Å²) < 4.78 is 0. The third-order valence-corrected chi connectivity index (χ3v) is 4.49. The first-order chi connectivity index (χ1) is 9.11. The third kappa shape index (κ3) is 3.68. The Morgan fingerprint density at radius 3 is 2.42 bits per heavy atom. The first-order valence-electron chi connectivity index (χ1n) is 7.41. The largest absolute Gasteiger partial charge is 0.395 e. The summed E-state index contributed by atoms with van der Waals surface area (Å²) in [4.78, 5) is 18.2. The van der Waals surface area contributed by atoms with E-state index in [4.69, 9.17) is 0 Å². The number of nitrogens with zero attached hydrogens (tertiary/aromatic N) is 3. The van der Waals surface area contributed by atoms with Crippen molar-refractivity contribution in [1.29, 1.82) is 0 Å².